The average molecular weight is 359 g/mol. The van der Waals surface area contributed by atoms with Crippen LogP contribution >= 0.6 is 0 Å². The second-order valence-corrected chi connectivity index (χ2v) is 7.10. The number of hydrogen-bond donors (Lipinski definition) is 0. The lowest BCUT2D eigenvalue weighted by molar-refractivity contribution is -0.137. The van der Waals surface area contributed by atoms with Crippen molar-refractivity contribution in [2.75, 3.05) is 13.3 Å². The molecule has 128 valence electrons. The number of nitrogens with zero attached hydrogens (tertiary/aromatic N) is 5. The van der Waals surface area contributed by atoms with Gasteiger partial charge in [0, 0.05) is 7.05 Å². The van der Waals surface area contributed by atoms with Crippen molar-refractivity contribution in [3.8, 4) is 11.8 Å². The monoisotopic (exact) mass is 359 g/mol. The van der Waals surface area contributed by atoms with Crippen molar-refractivity contribution in [1.82, 2.24) is 19.3 Å². The summed E-state index contributed by atoms with van der Waals surface area (Å²) in [5, 5.41) is 16.2. The summed E-state index contributed by atoms with van der Waals surface area (Å²) in [6.45, 7) is -0.0682. The Morgan fingerprint density at radius 1 is 1.38 bits per heavy atom. The molecule has 2 rings (SSSR count). The van der Waals surface area contributed by atoms with Crippen LogP contribution in [-0.2, 0) is 22.7 Å². The fourth-order valence-electron chi connectivity index (χ4n) is 1.85. The number of sulfonamides is 1. The van der Waals surface area contributed by atoms with Gasteiger partial charge in [0.05, 0.1) is 47.6 Å². The Kier molecular flexibility index (Phi) is 4.63. The van der Waals surface area contributed by atoms with Crippen molar-refractivity contribution in [1.29, 1.82) is 5.26 Å². The number of hydrogen-bond acceptors (Lipinski definition) is 5. The number of alkyl halides is 3. The highest BCUT2D eigenvalue weighted by Crippen LogP contribution is 2.33. The summed E-state index contributed by atoms with van der Waals surface area (Å²) in [6.07, 6.45) is -2.34. The first-order chi connectivity index (χ1) is 11.0. The van der Waals surface area contributed by atoms with Gasteiger partial charge in [-0.25, -0.2) is 13.1 Å². The van der Waals surface area contributed by atoms with Crippen LogP contribution in [0.25, 0.3) is 5.69 Å². The Bertz CT molecular complexity index is 899. The molecule has 11 heteroatoms. The van der Waals surface area contributed by atoms with Crippen LogP contribution in [0.1, 0.15) is 16.8 Å². The van der Waals surface area contributed by atoms with Crippen molar-refractivity contribution >= 4 is 10.0 Å². The molecule has 0 aliphatic rings. The van der Waals surface area contributed by atoms with Gasteiger partial charge >= 0.3 is 6.18 Å². The third-order valence-corrected chi connectivity index (χ3v) is 4.45. The van der Waals surface area contributed by atoms with Gasteiger partial charge in [0.2, 0.25) is 10.0 Å². The largest absolute Gasteiger partial charge is 0.417 e. The summed E-state index contributed by atoms with van der Waals surface area (Å²) < 4.78 is 63.7. The van der Waals surface area contributed by atoms with E-state index in [-0.39, 0.29) is 17.9 Å². The predicted octanol–water partition coefficient (Wildman–Crippen LogP) is 1.55. The fourth-order valence-corrected chi connectivity index (χ4v) is 2.22. The maximum atomic E-state index is 13.0. The fraction of sp³-hybridized carbons (Fsp3) is 0.308. The third-order valence-electron chi connectivity index (χ3n) is 3.19. The van der Waals surface area contributed by atoms with E-state index < -0.39 is 27.3 Å². The van der Waals surface area contributed by atoms with E-state index in [0.29, 0.717) is 0 Å². The van der Waals surface area contributed by atoms with Crippen molar-refractivity contribution in [3.63, 3.8) is 0 Å². The molecule has 1 aromatic heterocycles. The molecule has 0 aliphatic carbocycles. The zero-order valence-corrected chi connectivity index (χ0v) is 13.4. The molecule has 2 aromatic rings. The van der Waals surface area contributed by atoms with Gasteiger partial charge in [0.25, 0.3) is 0 Å². The summed E-state index contributed by atoms with van der Waals surface area (Å²) in [7, 11) is -2.07. The normalized spacial score (nSPS) is 12.4. The van der Waals surface area contributed by atoms with Gasteiger partial charge in [-0.1, -0.05) is 5.21 Å². The second-order valence-electron chi connectivity index (χ2n) is 5.01. The zero-order valence-electron chi connectivity index (χ0n) is 12.6. The van der Waals surface area contributed by atoms with Crippen molar-refractivity contribution in [2.24, 2.45) is 0 Å². The van der Waals surface area contributed by atoms with Crippen LogP contribution < -0.4 is 0 Å². The molecule has 0 radical (unpaired) electrons. The van der Waals surface area contributed by atoms with E-state index in [2.05, 4.69) is 10.3 Å². The van der Waals surface area contributed by atoms with E-state index in [1.807, 2.05) is 0 Å². The van der Waals surface area contributed by atoms with Gasteiger partial charge < -0.3 is 0 Å². The molecule has 1 aromatic carbocycles. The van der Waals surface area contributed by atoms with Crippen LogP contribution in [0.2, 0.25) is 0 Å². The Balaban J connectivity index is 2.36. The molecule has 0 aliphatic heterocycles. The number of rotatable bonds is 4. The first-order valence-electron chi connectivity index (χ1n) is 6.46. The van der Waals surface area contributed by atoms with Crippen molar-refractivity contribution in [2.45, 2.75) is 12.7 Å². The van der Waals surface area contributed by atoms with Crippen LogP contribution in [0.15, 0.2) is 24.4 Å². The molecule has 0 N–H and O–H groups in total. The maximum absolute atomic E-state index is 13.0. The number of nitriles is 1. The first kappa shape index (κ1) is 17.9. The second kappa shape index (κ2) is 6.21. The Labute approximate surface area is 136 Å². The van der Waals surface area contributed by atoms with Gasteiger partial charge in [-0.2, -0.15) is 22.7 Å². The van der Waals surface area contributed by atoms with Gasteiger partial charge in [-0.05, 0) is 18.2 Å². The number of aromatic nitrogens is 3. The summed E-state index contributed by atoms with van der Waals surface area (Å²) in [5.41, 5.74) is -1.25. The molecule has 24 heavy (non-hydrogen) atoms. The van der Waals surface area contributed by atoms with Crippen LogP contribution in [-0.4, -0.2) is 41.0 Å². The number of halogens is 3. The Morgan fingerprint density at radius 2 is 2.04 bits per heavy atom. The zero-order chi connectivity index (χ0) is 18.1. The van der Waals surface area contributed by atoms with E-state index >= 15 is 0 Å². The Morgan fingerprint density at radius 3 is 2.58 bits per heavy atom. The molecular weight excluding hydrogens is 347 g/mol. The molecule has 0 atom stereocenters. The van der Waals surface area contributed by atoms with E-state index in [4.69, 9.17) is 5.26 Å². The van der Waals surface area contributed by atoms with Gasteiger partial charge in [0.1, 0.15) is 0 Å². The standard InChI is InChI=1S/C13H12F3N5O2S/c1-20(24(2,22)23)7-10-8-21(19-18-10)11-4-3-9(6-17)12(5-11)13(14,15)16/h3-5,8H,7H2,1-2H3. The quantitative estimate of drug-likeness (QED) is 0.826. The molecule has 0 bridgehead atoms. The minimum Gasteiger partial charge on any atom is -0.220 e. The predicted molar refractivity (Wildman–Crippen MR) is 77.4 cm³/mol. The SMILES string of the molecule is CN(Cc1cn(-c2ccc(C#N)c(C(F)(F)F)c2)nn1)S(C)(=O)=O. The van der Waals surface area contributed by atoms with E-state index in [1.54, 1.807) is 0 Å². The van der Waals surface area contributed by atoms with Crippen LogP contribution in [0, 0.1) is 11.3 Å². The minimum atomic E-state index is -4.68. The summed E-state index contributed by atoms with van der Waals surface area (Å²) in [4.78, 5) is 0. The number of benzene rings is 1. The van der Waals surface area contributed by atoms with Crippen molar-refractivity contribution < 1.29 is 21.6 Å². The lowest BCUT2D eigenvalue weighted by atomic mass is 10.1. The van der Waals surface area contributed by atoms with Gasteiger partial charge in [0.15, 0.2) is 0 Å². The first-order valence-corrected chi connectivity index (χ1v) is 8.31. The van der Waals surface area contributed by atoms with Crippen molar-refractivity contribution in [3.05, 3.63) is 41.2 Å². The van der Waals surface area contributed by atoms with E-state index in [9.17, 15) is 21.6 Å². The topological polar surface area (TPSA) is 91.9 Å². The summed E-state index contributed by atoms with van der Waals surface area (Å²) >= 11 is 0. The Hall–Kier alpha value is -2.45. The highest BCUT2D eigenvalue weighted by molar-refractivity contribution is 7.88. The maximum Gasteiger partial charge on any atom is 0.417 e. The molecule has 7 nitrogen and oxygen atoms in total. The van der Waals surface area contributed by atoms with Gasteiger partial charge in [-0.15, -0.1) is 5.10 Å². The van der Waals surface area contributed by atoms with Crippen LogP contribution in [0.5, 0.6) is 0 Å². The molecule has 0 saturated carbocycles. The highest BCUT2D eigenvalue weighted by atomic mass is 32.2. The molecule has 0 spiro atoms. The van der Waals surface area contributed by atoms with Crippen LogP contribution in [0.3, 0.4) is 0 Å². The minimum absolute atomic E-state index is 0.0575. The third kappa shape index (κ3) is 3.90. The lowest BCUT2D eigenvalue weighted by Gasteiger charge is -2.11. The lowest BCUT2D eigenvalue weighted by Crippen LogP contribution is -2.25. The molecular formula is C13H12F3N5O2S. The van der Waals surface area contributed by atoms with Crippen LogP contribution in [0.4, 0.5) is 13.2 Å². The molecule has 1 heterocycles. The highest BCUT2D eigenvalue weighted by Gasteiger charge is 2.34. The average Bonchev–Trinajstić information content (AvgIpc) is 2.93. The summed E-state index contributed by atoms with van der Waals surface area (Å²) in [5.74, 6) is 0. The molecule has 0 amide bonds. The molecule has 0 unspecified atom stereocenters. The molecule has 0 saturated heterocycles. The van der Waals surface area contributed by atoms with E-state index in [1.165, 1.54) is 25.4 Å². The summed E-state index contributed by atoms with van der Waals surface area (Å²) in [6, 6.07) is 4.62. The smallest absolute Gasteiger partial charge is 0.220 e. The van der Waals surface area contributed by atoms with E-state index in [0.717, 1.165) is 27.4 Å². The van der Waals surface area contributed by atoms with Gasteiger partial charge in [-0.3, -0.25) is 0 Å². The molecule has 0 fully saturated rings.